The second-order valence-corrected chi connectivity index (χ2v) is 14.8. The van der Waals surface area contributed by atoms with Crippen LogP contribution in [0.2, 0.25) is 0 Å². The summed E-state index contributed by atoms with van der Waals surface area (Å²) in [7, 11) is 0. The van der Waals surface area contributed by atoms with Crippen molar-refractivity contribution in [2.24, 2.45) is 0 Å². The number of aryl methyl sites for hydroxylation is 2. The van der Waals surface area contributed by atoms with Gasteiger partial charge in [-0.1, -0.05) is 115 Å². The average Bonchev–Trinajstić information content (AvgIpc) is 3.75. The Labute approximate surface area is 335 Å². The zero-order valence-corrected chi connectivity index (χ0v) is 33.4. The van der Waals surface area contributed by atoms with Gasteiger partial charge in [-0.2, -0.15) is 0 Å². The van der Waals surface area contributed by atoms with Crippen molar-refractivity contribution >= 4 is 33.1 Å². The zero-order chi connectivity index (χ0) is 41.7. The molecule has 4 heterocycles. The van der Waals surface area contributed by atoms with Gasteiger partial charge in [0, 0.05) is 56.7 Å². The van der Waals surface area contributed by atoms with Crippen LogP contribution in [0.4, 0.5) is 0 Å². The molecule has 0 aliphatic rings. The van der Waals surface area contributed by atoms with Crippen LogP contribution in [0.5, 0.6) is 0 Å². The summed E-state index contributed by atoms with van der Waals surface area (Å²) in [5.74, 6) is 1.45. The number of imidazole rings is 1. The number of para-hydroxylation sites is 2. The fourth-order valence-electron chi connectivity index (χ4n) is 6.52. The molecule has 0 saturated heterocycles. The molecule has 1 radical (unpaired) electrons. The quantitative estimate of drug-likeness (QED) is 0.162. The van der Waals surface area contributed by atoms with E-state index in [1.54, 1.807) is 12.1 Å². The van der Waals surface area contributed by atoms with Crippen LogP contribution in [0.3, 0.4) is 0 Å². The number of rotatable bonds is 5. The Morgan fingerprint density at radius 1 is 0.755 bits per heavy atom. The number of nitrogens with zero attached hydrogens (tertiary/aromatic N) is 4. The van der Waals surface area contributed by atoms with Crippen LogP contribution in [0.25, 0.3) is 61.4 Å². The van der Waals surface area contributed by atoms with Crippen molar-refractivity contribution in [2.45, 2.75) is 79.4 Å². The number of pyridine rings is 2. The first kappa shape index (κ1) is 30.5. The van der Waals surface area contributed by atoms with Gasteiger partial charge in [0.2, 0.25) is 0 Å². The normalized spacial score (nSPS) is 13.8. The number of fused-ring (bicyclic) bond motifs is 4. The number of aromatic nitrogens is 4. The average molecular weight is 881 g/mol. The van der Waals surface area contributed by atoms with Crippen LogP contribution in [-0.4, -0.2) is 19.5 Å². The maximum absolute atomic E-state index is 7.28. The predicted octanol–water partition coefficient (Wildman–Crippen LogP) is 12.5. The van der Waals surface area contributed by atoms with E-state index in [1.807, 2.05) is 18.2 Å². The monoisotopic (exact) mass is 881 g/mol. The molecular weight excluding hydrogens is 829 g/mol. The van der Waals surface area contributed by atoms with Crippen LogP contribution in [0.15, 0.2) is 108 Å². The Bertz CT molecular complexity index is 2660. The van der Waals surface area contributed by atoms with Crippen LogP contribution in [0.1, 0.15) is 96.5 Å². The summed E-state index contributed by atoms with van der Waals surface area (Å²) in [4.78, 5) is 14.5. The smallest absolute Gasteiger partial charge is 0.155 e. The maximum Gasteiger partial charge on any atom is 0.155 e. The molecule has 0 N–H and O–H groups in total. The molecule has 0 bridgehead atoms. The first-order valence-corrected chi connectivity index (χ1v) is 17.7. The van der Waals surface area contributed by atoms with Crippen LogP contribution >= 0.6 is 0 Å². The van der Waals surface area contributed by atoms with Gasteiger partial charge in [-0.05, 0) is 59.3 Å². The second kappa shape index (κ2) is 15.2. The molecule has 271 valence electrons. The Balaban J connectivity index is 0.000000236. The summed E-state index contributed by atoms with van der Waals surface area (Å²) < 4.78 is 52.4. The number of furan rings is 1. The van der Waals surface area contributed by atoms with E-state index in [9.17, 15) is 0 Å². The largest absolute Gasteiger partial charge is 0.501 e. The molecule has 0 unspecified atom stereocenters. The fourth-order valence-corrected chi connectivity index (χ4v) is 6.52. The van der Waals surface area contributed by atoms with Gasteiger partial charge in [-0.15, -0.1) is 53.6 Å². The number of hydrogen-bond acceptors (Lipinski definition) is 4. The molecule has 0 fully saturated rings. The van der Waals surface area contributed by atoms with Gasteiger partial charge < -0.3 is 14.0 Å². The van der Waals surface area contributed by atoms with Crippen molar-refractivity contribution in [1.29, 1.82) is 0 Å². The van der Waals surface area contributed by atoms with E-state index < -0.39 is 13.7 Å². The van der Waals surface area contributed by atoms with E-state index in [0.29, 0.717) is 23.1 Å². The topological polar surface area (TPSA) is 56.7 Å². The van der Waals surface area contributed by atoms with E-state index in [4.69, 9.17) is 22.6 Å². The minimum Gasteiger partial charge on any atom is -0.501 e. The van der Waals surface area contributed by atoms with Gasteiger partial charge >= 0.3 is 0 Å². The van der Waals surface area contributed by atoms with Gasteiger partial charge in [0.05, 0.1) is 16.9 Å². The molecule has 5 nitrogen and oxygen atoms in total. The van der Waals surface area contributed by atoms with Gasteiger partial charge in [0.1, 0.15) is 5.58 Å². The summed E-state index contributed by atoms with van der Waals surface area (Å²) in [6.07, 6.45) is 1.30. The van der Waals surface area contributed by atoms with E-state index in [2.05, 4.69) is 119 Å². The Kier molecular flexibility index (Phi) is 8.77. The van der Waals surface area contributed by atoms with Crippen molar-refractivity contribution in [3.8, 4) is 28.3 Å². The molecule has 0 atom stereocenters. The molecule has 6 heteroatoms. The van der Waals surface area contributed by atoms with Crippen LogP contribution in [-0.2, 0) is 25.5 Å². The first-order valence-electron chi connectivity index (χ1n) is 20.7. The van der Waals surface area contributed by atoms with E-state index in [1.165, 1.54) is 35.5 Å². The van der Waals surface area contributed by atoms with Gasteiger partial charge in [-0.3, -0.25) is 4.98 Å². The zero-order valence-electron chi connectivity index (χ0n) is 37.0. The third-order valence-corrected chi connectivity index (χ3v) is 9.25. The molecule has 0 spiro atoms. The predicted molar refractivity (Wildman–Crippen MR) is 215 cm³/mol. The summed E-state index contributed by atoms with van der Waals surface area (Å²) in [5, 5.41) is 2.16. The summed E-state index contributed by atoms with van der Waals surface area (Å²) in [6, 6.07) is 37.0. The third-order valence-electron chi connectivity index (χ3n) is 9.25. The molecule has 0 amide bonds. The first-order chi connectivity index (χ1) is 27.3. The van der Waals surface area contributed by atoms with Crippen molar-refractivity contribution in [3.63, 3.8) is 0 Å². The molecule has 0 aliphatic heterocycles. The molecule has 4 aromatic heterocycles. The molecular formula is C47H46IrN4O-2. The molecule has 0 saturated carbocycles. The summed E-state index contributed by atoms with van der Waals surface area (Å²) in [5.41, 5.74) is 10.4. The van der Waals surface area contributed by atoms with E-state index >= 15 is 0 Å². The summed E-state index contributed by atoms with van der Waals surface area (Å²) in [6.45, 7) is 11.3. The minimum absolute atomic E-state index is 0. The van der Waals surface area contributed by atoms with Gasteiger partial charge in [0.25, 0.3) is 0 Å². The van der Waals surface area contributed by atoms with Crippen molar-refractivity contribution < 1.29 is 32.7 Å². The second-order valence-electron chi connectivity index (χ2n) is 14.8. The van der Waals surface area contributed by atoms with Crippen molar-refractivity contribution in [3.05, 3.63) is 143 Å². The maximum atomic E-state index is 7.28. The molecule has 53 heavy (non-hydrogen) atoms. The molecule has 4 aromatic carbocycles. The van der Waals surface area contributed by atoms with Gasteiger partial charge in [-0.25, -0.2) is 4.98 Å². The number of benzene rings is 4. The Hall–Kier alpha value is -4.90. The standard InChI is InChI=1S/C34H34N3O.C13H12N.Ir/c1-20(2)22-13-10-14-23(21(3)4)30(22)37-32(35-27-18-19-29(34(5,6)7)36-33(27)37)26-16-11-15-25-24-12-8-9-17-28(24)38-31(25)26;1-10-3-6-12(7-4-10)13-8-5-11(2)9-14-13;/h8-15,17-21H,1-7H3;3-6,8-9H,1-2H3;/q2*-1;/i;1D3,2D3;. The van der Waals surface area contributed by atoms with Crippen molar-refractivity contribution in [1.82, 2.24) is 19.5 Å². The molecule has 8 rings (SSSR count). The molecule has 8 aromatic rings. The fraction of sp³-hybridized carbons (Fsp3) is 0.255. The van der Waals surface area contributed by atoms with E-state index in [-0.39, 0.29) is 36.6 Å². The minimum atomic E-state index is -2.18. The van der Waals surface area contributed by atoms with Crippen LogP contribution in [0, 0.1) is 25.8 Å². The summed E-state index contributed by atoms with van der Waals surface area (Å²) >= 11 is 0. The SMILES string of the molecule is CC(C)c1cccc(C(C)C)c1-n1c(-c2[c-]ccc3c2oc2ccccc23)nc2ccc(C(C)(C)C)nc21.[2H]C([2H])([2H])c1c[c-]c(-c2ccc(C([2H])([2H])[2H])cn2)cc1.[Ir]. The van der Waals surface area contributed by atoms with Crippen molar-refractivity contribution in [2.75, 3.05) is 0 Å². The number of hydrogen-bond donors (Lipinski definition) is 0. The van der Waals surface area contributed by atoms with E-state index in [0.717, 1.165) is 55.9 Å². The molecule has 0 aliphatic carbocycles. The van der Waals surface area contributed by atoms with Crippen LogP contribution < -0.4 is 0 Å². The van der Waals surface area contributed by atoms with Gasteiger partial charge in [0.15, 0.2) is 5.65 Å². The Morgan fingerprint density at radius 2 is 1.49 bits per heavy atom. The third kappa shape index (κ3) is 7.49. The Morgan fingerprint density at radius 3 is 2.13 bits per heavy atom.